The third kappa shape index (κ3) is 3.06. The molecule has 16 heavy (non-hydrogen) atoms. The van der Waals surface area contributed by atoms with Crippen molar-refractivity contribution in [3.63, 3.8) is 0 Å². The minimum atomic E-state index is -0.249. The Morgan fingerprint density at radius 1 is 1.56 bits per heavy atom. The zero-order valence-electron chi connectivity index (χ0n) is 9.90. The molecule has 5 heteroatoms. The first-order valence-electron chi connectivity index (χ1n) is 5.84. The molecule has 1 aliphatic carbocycles. The van der Waals surface area contributed by atoms with Gasteiger partial charge in [0.25, 0.3) is 0 Å². The summed E-state index contributed by atoms with van der Waals surface area (Å²) in [7, 11) is 0. The highest BCUT2D eigenvalue weighted by Crippen LogP contribution is 2.23. The highest BCUT2D eigenvalue weighted by molar-refractivity contribution is 7.80. The van der Waals surface area contributed by atoms with E-state index >= 15 is 0 Å². The number of nitrogens with zero attached hydrogens (tertiary/aromatic N) is 1. The Hall–Kier alpha value is -0.390. The van der Waals surface area contributed by atoms with Gasteiger partial charge in [-0.15, -0.1) is 0 Å². The van der Waals surface area contributed by atoms with Gasteiger partial charge in [0.2, 0.25) is 0 Å². The average Bonchev–Trinajstić information content (AvgIpc) is 2.99. The van der Waals surface area contributed by atoms with Crippen LogP contribution >= 0.6 is 12.2 Å². The molecule has 0 aromatic heterocycles. The molecule has 2 N–H and O–H groups in total. The van der Waals surface area contributed by atoms with Crippen molar-refractivity contribution in [1.82, 2.24) is 10.2 Å². The fraction of sp³-hybridized carbons (Fsp3) is 0.909. The van der Waals surface area contributed by atoms with Crippen LogP contribution in [0, 0.1) is 0 Å². The SMILES string of the molecule is CC1(C)CN(C(=S)NC2CC2)CC(CO)O1. The van der Waals surface area contributed by atoms with Crippen LogP contribution in [0.4, 0.5) is 0 Å². The number of hydrogen-bond donors (Lipinski definition) is 2. The molecule has 2 rings (SSSR count). The van der Waals surface area contributed by atoms with E-state index in [0.29, 0.717) is 12.6 Å². The Bertz CT molecular complexity index is 279. The highest BCUT2D eigenvalue weighted by Gasteiger charge is 2.35. The zero-order chi connectivity index (χ0) is 11.8. The molecular formula is C11H20N2O2S. The Morgan fingerprint density at radius 3 is 2.81 bits per heavy atom. The maximum atomic E-state index is 9.20. The number of ether oxygens (including phenoxy) is 1. The lowest BCUT2D eigenvalue weighted by Gasteiger charge is -2.43. The fourth-order valence-corrected chi connectivity index (χ4v) is 2.34. The van der Waals surface area contributed by atoms with Gasteiger partial charge in [0.1, 0.15) is 0 Å². The molecule has 0 bridgehead atoms. The zero-order valence-corrected chi connectivity index (χ0v) is 10.7. The quantitative estimate of drug-likeness (QED) is 0.692. The Morgan fingerprint density at radius 2 is 2.25 bits per heavy atom. The van der Waals surface area contributed by atoms with E-state index in [-0.39, 0.29) is 18.3 Å². The van der Waals surface area contributed by atoms with Crippen molar-refractivity contribution in [2.75, 3.05) is 19.7 Å². The lowest BCUT2D eigenvalue weighted by Crippen LogP contribution is -2.57. The number of aliphatic hydroxyl groups is 1. The molecule has 2 aliphatic rings. The van der Waals surface area contributed by atoms with E-state index in [0.717, 1.165) is 11.7 Å². The van der Waals surface area contributed by atoms with Gasteiger partial charge in [-0.1, -0.05) is 0 Å². The summed E-state index contributed by atoms with van der Waals surface area (Å²) in [6.45, 7) is 5.57. The predicted octanol–water partition coefficient (Wildman–Crippen LogP) is 0.495. The van der Waals surface area contributed by atoms with Gasteiger partial charge in [0.05, 0.1) is 18.3 Å². The fourth-order valence-electron chi connectivity index (χ4n) is 2.04. The third-order valence-corrected chi connectivity index (χ3v) is 3.25. The van der Waals surface area contributed by atoms with Gasteiger partial charge in [-0.3, -0.25) is 0 Å². The number of morpholine rings is 1. The van der Waals surface area contributed by atoms with Crippen molar-refractivity contribution in [2.45, 2.75) is 44.4 Å². The van der Waals surface area contributed by atoms with Gasteiger partial charge in [-0.25, -0.2) is 0 Å². The van der Waals surface area contributed by atoms with Crippen molar-refractivity contribution in [1.29, 1.82) is 0 Å². The largest absolute Gasteiger partial charge is 0.394 e. The van der Waals surface area contributed by atoms with Crippen molar-refractivity contribution in [3.05, 3.63) is 0 Å². The highest BCUT2D eigenvalue weighted by atomic mass is 32.1. The molecule has 0 spiro atoms. The topological polar surface area (TPSA) is 44.7 Å². The molecular weight excluding hydrogens is 224 g/mol. The first-order chi connectivity index (χ1) is 7.50. The second-order valence-electron chi connectivity index (χ2n) is 5.29. The summed E-state index contributed by atoms with van der Waals surface area (Å²) in [5.41, 5.74) is -0.249. The van der Waals surface area contributed by atoms with Gasteiger partial charge >= 0.3 is 0 Å². The average molecular weight is 244 g/mol. The summed E-state index contributed by atoms with van der Waals surface area (Å²) in [5.74, 6) is 0. The molecule has 2 fully saturated rings. The number of thiocarbonyl (C=S) groups is 1. The molecule has 0 radical (unpaired) electrons. The van der Waals surface area contributed by atoms with E-state index in [1.807, 2.05) is 13.8 Å². The predicted molar refractivity (Wildman–Crippen MR) is 66.4 cm³/mol. The van der Waals surface area contributed by atoms with Crippen LogP contribution < -0.4 is 5.32 Å². The molecule has 1 heterocycles. The summed E-state index contributed by atoms with van der Waals surface area (Å²) in [4.78, 5) is 2.11. The lowest BCUT2D eigenvalue weighted by molar-refractivity contribution is -0.134. The van der Waals surface area contributed by atoms with E-state index in [2.05, 4.69) is 10.2 Å². The molecule has 0 aromatic rings. The van der Waals surface area contributed by atoms with Crippen LogP contribution in [0.2, 0.25) is 0 Å². The van der Waals surface area contributed by atoms with Gasteiger partial charge < -0.3 is 20.1 Å². The number of rotatable bonds is 2. The lowest BCUT2D eigenvalue weighted by atomic mass is 10.1. The van der Waals surface area contributed by atoms with Gasteiger partial charge in [0, 0.05) is 19.1 Å². The van der Waals surface area contributed by atoms with Crippen LogP contribution in [0.5, 0.6) is 0 Å². The van der Waals surface area contributed by atoms with Gasteiger partial charge in [-0.05, 0) is 38.9 Å². The van der Waals surface area contributed by atoms with E-state index in [4.69, 9.17) is 17.0 Å². The molecule has 1 unspecified atom stereocenters. The molecule has 4 nitrogen and oxygen atoms in total. The van der Waals surface area contributed by atoms with Crippen LogP contribution in [-0.2, 0) is 4.74 Å². The number of nitrogens with one attached hydrogen (secondary N) is 1. The monoisotopic (exact) mass is 244 g/mol. The van der Waals surface area contributed by atoms with Crippen LogP contribution in [0.25, 0.3) is 0 Å². The minimum Gasteiger partial charge on any atom is -0.394 e. The van der Waals surface area contributed by atoms with Crippen LogP contribution in [0.15, 0.2) is 0 Å². The summed E-state index contributed by atoms with van der Waals surface area (Å²) in [6, 6.07) is 0.575. The third-order valence-electron chi connectivity index (χ3n) is 2.88. The van der Waals surface area contributed by atoms with E-state index in [1.165, 1.54) is 12.8 Å². The molecule has 1 saturated heterocycles. The van der Waals surface area contributed by atoms with Crippen LogP contribution in [0.3, 0.4) is 0 Å². The van der Waals surface area contributed by atoms with Gasteiger partial charge in [-0.2, -0.15) is 0 Å². The molecule has 1 aliphatic heterocycles. The molecule has 0 aromatic carbocycles. The van der Waals surface area contributed by atoms with Crippen LogP contribution in [-0.4, -0.2) is 52.6 Å². The van der Waals surface area contributed by atoms with Gasteiger partial charge in [0.15, 0.2) is 5.11 Å². The minimum absolute atomic E-state index is 0.0476. The summed E-state index contributed by atoms with van der Waals surface area (Å²) < 4.78 is 5.74. The first-order valence-corrected chi connectivity index (χ1v) is 6.25. The normalized spacial score (nSPS) is 28.9. The maximum Gasteiger partial charge on any atom is 0.169 e. The number of aliphatic hydroxyl groups excluding tert-OH is 1. The second-order valence-corrected chi connectivity index (χ2v) is 5.67. The molecule has 92 valence electrons. The van der Waals surface area contributed by atoms with Crippen molar-refractivity contribution in [3.8, 4) is 0 Å². The number of hydrogen-bond acceptors (Lipinski definition) is 3. The molecule has 1 atom stereocenters. The first kappa shape index (κ1) is 12.1. The van der Waals surface area contributed by atoms with Crippen LogP contribution in [0.1, 0.15) is 26.7 Å². The van der Waals surface area contributed by atoms with E-state index in [1.54, 1.807) is 0 Å². The van der Waals surface area contributed by atoms with Crippen molar-refractivity contribution in [2.24, 2.45) is 0 Å². The van der Waals surface area contributed by atoms with Crippen molar-refractivity contribution < 1.29 is 9.84 Å². The Balaban J connectivity index is 1.94. The van der Waals surface area contributed by atoms with E-state index in [9.17, 15) is 5.11 Å². The Kier molecular flexibility index (Phi) is 3.37. The summed E-state index contributed by atoms with van der Waals surface area (Å²) in [6.07, 6.45) is 2.30. The smallest absolute Gasteiger partial charge is 0.169 e. The maximum absolute atomic E-state index is 9.20. The van der Waals surface area contributed by atoms with Crippen molar-refractivity contribution >= 4 is 17.3 Å². The second kappa shape index (κ2) is 4.47. The Labute approximate surface area is 102 Å². The summed E-state index contributed by atoms with van der Waals surface area (Å²) >= 11 is 5.37. The molecule has 0 amide bonds. The van der Waals surface area contributed by atoms with E-state index < -0.39 is 0 Å². The molecule has 1 saturated carbocycles. The summed E-state index contributed by atoms with van der Waals surface area (Å²) in [5, 5.41) is 13.3. The standard InChI is InChI=1S/C11H20N2O2S/c1-11(2)7-13(5-9(6-14)15-11)10(16)12-8-3-4-8/h8-9,14H,3-7H2,1-2H3,(H,12,16).